The van der Waals surface area contributed by atoms with Crippen LogP contribution in [0.3, 0.4) is 0 Å². The maximum atomic E-state index is 15.3. The fraction of sp³-hybridized carbons (Fsp3) is 0.578. The Morgan fingerprint density at radius 3 is 2.59 bits per heavy atom. The zero-order chi connectivity index (χ0) is 41.0. The molecule has 13 nitrogen and oxygen atoms in total. The highest BCUT2D eigenvalue weighted by Gasteiger charge is 2.78. The van der Waals surface area contributed by atoms with E-state index in [0.29, 0.717) is 76.0 Å². The molecule has 2 bridgehead atoms. The summed E-state index contributed by atoms with van der Waals surface area (Å²) >= 11 is 0. The Morgan fingerprint density at radius 2 is 1.86 bits per heavy atom. The molecule has 0 radical (unpaired) electrons. The fourth-order valence-corrected chi connectivity index (χ4v) is 13.2. The van der Waals surface area contributed by atoms with Crippen molar-refractivity contribution in [3.05, 3.63) is 70.9 Å². The Labute approximate surface area is 340 Å². The van der Waals surface area contributed by atoms with E-state index in [9.17, 15) is 20.1 Å². The van der Waals surface area contributed by atoms with Gasteiger partial charge in [-0.25, -0.2) is 5.43 Å². The number of amides is 1. The van der Waals surface area contributed by atoms with Crippen molar-refractivity contribution in [3.63, 3.8) is 0 Å². The number of hydrazone groups is 1. The molecule has 1 spiro atoms. The van der Waals surface area contributed by atoms with Crippen molar-refractivity contribution in [3.8, 4) is 5.75 Å². The normalized spacial score (nSPS) is 37.7. The Morgan fingerprint density at radius 1 is 1.07 bits per heavy atom. The van der Waals surface area contributed by atoms with Gasteiger partial charge < -0.3 is 34.7 Å². The van der Waals surface area contributed by atoms with Crippen molar-refractivity contribution >= 4 is 34.7 Å². The predicted molar refractivity (Wildman–Crippen MR) is 221 cm³/mol. The summed E-state index contributed by atoms with van der Waals surface area (Å²) in [6.07, 6.45) is 7.24. The number of hydrogen-bond donors (Lipinski definition) is 5. The summed E-state index contributed by atoms with van der Waals surface area (Å²) in [5.74, 6) is -0.814. The van der Waals surface area contributed by atoms with Crippen molar-refractivity contribution in [2.45, 2.75) is 99.5 Å². The molecule has 6 heterocycles. The van der Waals surface area contributed by atoms with Crippen molar-refractivity contribution in [1.29, 1.82) is 0 Å². The summed E-state index contributed by atoms with van der Waals surface area (Å²) < 4.78 is 12.3. The third-order valence-corrected chi connectivity index (χ3v) is 15.5. The zero-order valence-electron chi connectivity index (χ0n) is 34.5. The van der Waals surface area contributed by atoms with E-state index in [1.54, 1.807) is 14.0 Å². The second-order valence-corrected chi connectivity index (χ2v) is 18.0. The van der Waals surface area contributed by atoms with Gasteiger partial charge in [-0.15, -0.1) is 0 Å². The first-order valence-corrected chi connectivity index (χ1v) is 21.0. The molecule has 2 aromatic carbocycles. The molecule has 3 fully saturated rings. The molecule has 5 N–H and O–H groups in total. The van der Waals surface area contributed by atoms with E-state index in [2.05, 4.69) is 43.5 Å². The number of likely N-dealkylation sites (N-methyl/N-ethyl adjacent to an activating group) is 1. The molecule has 3 aromatic rings. The number of carbonyl (C=O) groups is 2. The summed E-state index contributed by atoms with van der Waals surface area (Å²) in [7, 11) is 4.92. The molecule has 1 aliphatic carbocycles. The van der Waals surface area contributed by atoms with Crippen LogP contribution in [0, 0.1) is 11.3 Å². The maximum absolute atomic E-state index is 15.3. The van der Waals surface area contributed by atoms with E-state index >= 15 is 4.79 Å². The van der Waals surface area contributed by atoms with Gasteiger partial charge in [0.15, 0.2) is 5.60 Å². The number of fused-ring (bicyclic) bond motifs is 6. The van der Waals surface area contributed by atoms with Crippen LogP contribution in [-0.4, -0.2) is 132 Å². The number of aromatic amines is 1. The molecule has 6 aliphatic rings. The van der Waals surface area contributed by atoms with Crippen LogP contribution in [0.2, 0.25) is 0 Å². The first-order valence-electron chi connectivity index (χ1n) is 21.0. The Bertz CT molecular complexity index is 2220. The largest absolute Gasteiger partial charge is 0.496 e. The highest BCUT2D eigenvalue weighted by Crippen LogP contribution is 2.67. The standard InChI is InChI=1S/C45H58N6O7/c1-7-41(55)23-27-24-44(40(54)58-6,35-29(15-19-50(25-27)26-41)28-13-10-11-14-32(28)47-35)31-21-30-33(22-34(31)57-5)49(4)37-43(30)17-20-51-18-12-16-42(8-2,36(43)51)38(52)45(37,56)39(53)48-46-9-3/h9-14,16,21-22,27,36-38,47,52,55-56H,7-8,15,17-20,23-26H2,1-6H3,(H,48,53). The van der Waals surface area contributed by atoms with Crippen LogP contribution in [0.15, 0.2) is 53.7 Å². The smallest absolute Gasteiger partial charge is 0.322 e. The number of nitrogens with zero attached hydrogens (tertiary/aromatic N) is 4. The van der Waals surface area contributed by atoms with Crippen LogP contribution in [0.4, 0.5) is 5.69 Å². The number of methoxy groups -OCH3 is 2. The second kappa shape index (κ2) is 13.6. The van der Waals surface area contributed by atoms with Gasteiger partial charge in [0.05, 0.1) is 25.9 Å². The number of esters is 1. The number of anilines is 1. The van der Waals surface area contributed by atoms with Crippen LogP contribution < -0.4 is 15.1 Å². The van der Waals surface area contributed by atoms with E-state index in [0.717, 1.165) is 40.0 Å². The van der Waals surface area contributed by atoms with Gasteiger partial charge in [-0.1, -0.05) is 44.2 Å². The molecule has 5 aliphatic heterocycles. The van der Waals surface area contributed by atoms with Gasteiger partial charge in [-0.3, -0.25) is 19.4 Å². The van der Waals surface area contributed by atoms with Gasteiger partial charge in [0.1, 0.15) is 17.3 Å². The lowest BCUT2D eigenvalue weighted by Crippen LogP contribution is -2.81. The molecule has 58 heavy (non-hydrogen) atoms. The van der Waals surface area contributed by atoms with E-state index < -0.39 is 51.5 Å². The van der Waals surface area contributed by atoms with Crippen molar-refractivity contribution in [1.82, 2.24) is 20.2 Å². The Balaban J connectivity index is 1.35. The summed E-state index contributed by atoms with van der Waals surface area (Å²) in [6.45, 7) is 9.07. The van der Waals surface area contributed by atoms with Crippen LogP contribution >= 0.6 is 0 Å². The minimum absolute atomic E-state index is 0.0855. The monoisotopic (exact) mass is 794 g/mol. The SMILES string of the molecule is CC=NNC(=O)C1(O)C(O)C2(CC)C=CCN3CCC4(c5cc(C6(C(=O)OC)CC7CN(CCc8c6[nH]c6ccccc86)CC(O)(CC)C7)c(OC)cc5N(C)C14)C32. The molecule has 1 saturated carbocycles. The molecule has 13 heteroatoms. The third kappa shape index (κ3) is 4.97. The van der Waals surface area contributed by atoms with E-state index in [1.165, 1.54) is 13.3 Å². The summed E-state index contributed by atoms with van der Waals surface area (Å²) in [6, 6.07) is 11.0. The maximum Gasteiger partial charge on any atom is 0.322 e. The van der Waals surface area contributed by atoms with Gasteiger partial charge in [0.2, 0.25) is 0 Å². The number of rotatable bonds is 7. The molecule has 10 unspecified atom stereocenters. The van der Waals surface area contributed by atoms with Gasteiger partial charge >= 0.3 is 5.97 Å². The average molecular weight is 795 g/mol. The molecule has 2 saturated heterocycles. The molecule has 9 rings (SSSR count). The number of H-pyrrole nitrogens is 1. The van der Waals surface area contributed by atoms with Crippen molar-refractivity contribution < 1.29 is 34.4 Å². The fourth-order valence-electron chi connectivity index (χ4n) is 13.2. The molecular formula is C45H58N6O7. The van der Waals surface area contributed by atoms with Gasteiger partial charge in [-0.05, 0) is 81.2 Å². The van der Waals surface area contributed by atoms with Crippen LogP contribution in [-0.2, 0) is 31.6 Å². The number of benzene rings is 2. The van der Waals surface area contributed by atoms with Crippen molar-refractivity contribution in [2.24, 2.45) is 16.4 Å². The van der Waals surface area contributed by atoms with Crippen molar-refractivity contribution in [2.75, 3.05) is 58.9 Å². The lowest BCUT2D eigenvalue weighted by atomic mass is 9.47. The highest BCUT2D eigenvalue weighted by atomic mass is 16.5. The van der Waals surface area contributed by atoms with Crippen LogP contribution in [0.25, 0.3) is 10.9 Å². The molecule has 10 atom stereocenters. The number of para-hydroxylation sites is 1. The van der Waals surface area contributed by atoms with Gasteiger partial charge in [-0.2, -0.15) is 5.10 Å². The summed E-state index contributed by atoms with van der Waals surface area (Å²) in [5, 5.41) is 42.7. The molecular weight excluding hydrogens is 737 g/mol. The quantitative estimate of drug-likeness (QED) is 0.104. The van der Waals surface area contributed by atoms with Gasteiger partial charge in [0, 0.05) is 90.2 Å². The Hall–Kier alpha value is -4.27. The van der Waals surface area contributed by atoms with Crippen LogP contribution in [0.5, 0.6) is 5.75 Å². The van der Waals surface area contributed by atoms with E-state index in [1.807, 2.05) is 56.1 Å². The molecule has 310 valence electrons. The molecule has 1 aromatic heterocycles. The van der Waals surface area contributed by atoms with Gasteiger partial charge in [0.25, 0.3) is 5.91 Å². The van der Waals surface area contributed by atoms with Crippen LogP contribution in [0.1, 0.15) is 75.3 Å². The summed E-state index contributed by atoms with van der Waals surface area (Å²) in [5.41, 5.74) is 1.07. The topological polar surface area (TPSA) is 163 Å². The number of aromatic nitrogens is 1. The first-order chi connectivity index (χ1) is 27.8. The first kappa shape index (κ1) is 39.2. The minimum Gasteiger partial charge on any atom is -0.496 e. The number of aliphatic hydroxyl groups is 3. The number of hydrogen-bond acceptors (Lipinski definition) is 11. The lowest BCUT2D eigenvalue weighted by molar-refractivity contribution is -0.203. The lowest BCUT2D eigenvalue weighted by Gasteiger charge is -2.63. The molecule has 1 amide bonds. The predicted octanol–water partition coefficient (Wildman–Crippen LogP) is 3.37. The number of piperidine rings is 1. The average Bonchev–Trinajstić information content (AvgIpc) is 3.89. The third-order valence-electron chi connectivity index (χ3n) is 15.5. The van der Waals surface area contributed by atoms with E-state index in [-0.39, 0.29) is 12.0 Å². The highest BCUT2D eigenvalue weighted by molar-refractivity contribution is 5.95. The number of nitrogens with one attached hydrogen (secondary N) is 2. The number of ether oxygens (including phenoxy) is 2. The van der Waals surface area contributed by atoms with E-state index in [4.69, 9.17) is 9.47 Å². The minimum atomic E-state index is -2.30. The number of carbonyl (C=O) groups excluding carboxylic acids is 2. The number of aliphatic hydroxyl groups excluding tert-OH is 1. The zero-order valence-corrected chi connectivity index (χ0v) is 34.5. The Kier molecular flexibility index (Phi) is 9.22. The second-order valence-electron chi connectivity index (χ2n) is 18.0. The summed E-state index contributed by atoms with van der Waals surface area (Å²) in [4.78, 5) is 40.2.